The number of pyridine rings is 1. The van der Waals surface area contributed by atoms with Crippen molar-refractivity contribution < 1.29 is 0 Å². The first-order valence-electron chi connectivity index (χ1n) is 6.95. The monoisotopic (exact) mass is 267 g/mol. The molecule has 0 fully saturated rings. The third-order valence-electron chi connectivity index (χ3n) is 3.90. The summed E-state index contributed by atoms with van der Waals surface area (Å²) in [6, 6.07) is 12.0. The molecule has 0 spiro atoms. The van der Waals surface area contributed by atoms with Crippen molar-refractivity contribution in [3.8, 4) is 6.07 Å². The topological polar surface area (TPSA) is 48.7 Å². The lowest BCUT2D eigenvalue weighted by Gasteiger charge is -2.27. The average molecular weight is 267 g/mol. The number of benzene rings is 1. The molecule has 20 heavy (non-hydrogen) atoms. The minimum Gasteiger partial charge on any atom is -0.369 e. The van der Waals surface area contributed by atoms with Crippen LogP contribution in [0.4, 0.5) is 5.82 Å². The van der Waals surface area contributed by atoms with E-state index < -0.39 is 0 Å². The van der Waals surface area contributed by atoms with Gasteiger partial charge in [0, 0.05) is 11.9 Å². The zero-order chi connectivity index (χ0) is 14.8. The van der Waals surface area contributed by atoms with Crippen LogP contribution in [0.2, 0.25) is 0 Å². The fourth-order valence-corrected chi connectivity index (χ4v) is 1.89. The molecular formula is C17H21N3. The zero-order valence-corrected chi connectivity index (χ0v) is 12.6. The summed E-state index contributed by atoms with van der Waals surface area (Å²) in [5.74, 6) is 1.17. The molecule has 104 valence electrons. The van der Waals surface area contributed by atoms with Crippen molar-refractivity contribution in [1.82, 2.24) is 4.98 Å². The van der Waals surface area contributed by atoms with E-state index in [1.54, 1.807) is 0 Å². The van der Waals surface area contributed by atoms with E-state index in [2.05, 4.69) is 44.1 Å². The molecule has 2 aromatic rings. The van der Waals surface area contributed by atoms with E-state index in [4.69, 9.17) is 0 Å². The molecule has 0 aliphatic carbocycles. The number of nitrogens with zero attached hydrogens (tertiary/aromatic N) is 2. The Morgan fingerprint density at radius 3 is 2.65 bits per heavy atom. The van der Waals surface area contributed by atoms with Crippen LogP contribution in [0.1, 0.15) is 33.3 Å². The first kappa shape index (κ1) is 14.3. The van der Waals surface area contributed by atoms with Gasteiger partial charge in [0.25, 0.3) is 0 Å². The van der Waals surface area contributed by atoms with Gasteiger partial charge in [-0.25, -0.2) is 4.98 Å². The Kier molecular flexibility index (Phi) is 3.94. The molecule has 1 aromatic heterocycles. The highest BCUT2D eigenvalue weighted by atomic mass is 15.0. The largest absolute Gasteiger partial charge is 0.369 e. The normalized spacial score (nSPS) is 12.9. The minimum atomic E-state index is 0.233. The Morgan fingerprint density at radius 1 is 1.30 bits per heavy atom. The molecule has 0 saturated carbocycles. The number of rotatable bonds is 3. The van der Waals surface area contributed by atoms with Gasteiger partial charge in [-0.15, -0.1) is 0 Å². The van der Waals surface area contributed by atoms with E-state index in [1.165, 1.54) is 0 Å². The second-order valence-electron chi connectivity index (χ2n) is 6.34. The number of nitriles is 1. The van der Waals surface area contributed by atoms with Crippen LogP contribution < -0.4 is 5.32 Å². The summed E-state index contributed by atoms with van der Waals surface area (Å²) < 4.78 is 0. The number of para-hydroxylation sites is 1. The van der Waals surface area contributed by atoms with Gasteiger partial charge in [0.15, 0.2) is 0 Å². The van der Waals surface area contributed by atoms with E-state index in [9.17, 15) is 5.26 Å². The molecule has 2 rings (SSSR count). The lowest BCUT2D eigenvalue weighted by Crippen LogP contribution is -2.25. The summed E-state index contributed by atoms with van der Waals surface area (Å²) in [6.45, 7) is 9.68. The number of hydrogen-bond acceptors (Lipinski definition) is 3. The molecule has 1 unspecified atom stereocenters. The molecule has 0 radical (unpaired) electrons. The highest BCUT2D eigenvalue weighted by Gasteiger charge is 2.20. The maximum absolute atomic E-state index is 9.27. The molecule has 0 aliphatic heterocycles. The van der Waals surface area contributed by atoms with Crippen molar-refractivity contribution in [3.63, 3.8) is 0 Å². The summed E-state index contributed by atoms with van der Waals surface area (Å²) in [5, 5.41) is 13.6. The number of aromatic nitrogens is 1. The maximum atomic E-state index is 9.27. The summed E-state index contributed by atoms with van der Waals surface area (Å²) >= 11 is 0. The predicted octanol–water partition coefficient (Wildman–Crippen LogP) is 4.20. The van der Waals surface area contributed by atoms with Gasteiger partial charge in [-0.1, -0.05) is 45.9 Å². The second kappa shape index (κ2) is 5.50. The first-order chi connectivity index (χ1) is 9.41. The van der Waals surface area contributed by atoms with Gasteiger partial charge in [-0.05, 0) is 23.5 Å². The third-order valence-corrected chi connectivity index (χ3v) is 3.90. The molecule has 3 heteroatoms. The standard InChI is InChI=1S/C17H21N3/c1-12(17(2,3)4)11-19-16-14(10-18)9-13-7-5-6-8-15(13)20-16/h5-9,12H,11H2,1-4H3,(H,19,20). The fraction of sp³-hybridized carbons (Fsp3) is 0.412. The maximum Gasteiger partial charge on any atom is 0.144 e. The number of anilines is 1. The van der Waals surface area contributed by atoms with E-state index in [1.807, 2.05) is 30.3 Å². The second-order valence-corrected chi connectivity index (χ2v) is 6.34. The quantitative estimate of drug-likeness (QED) is 0.906. The van der Waals surface area contributed by atoms with Crippen molar-refractivity contribution in [2.75, 3.05) is 11.9 Å². The molecule has 1 atom stereocenters. The highest BCUT2D eigenvalue weighted by molar-refractivity contribution is 5.82. The van der Waals surface area contributed by atoms with Crippen LogP contribution in [-0.2, 0) is 0 Å². The van der Waals surface area contributed by atoms with Gasteiger partial charge >= 0.3 is 0 Å². The van der Waals surface area contributed by atoms with E-state index in [-0.39, 0.29) is 5.41 Å². The zero-order valence-electron chi connectivity index (χ0n) is 12.6. The summed E-state index contributed by atoms with van der Waals surface area (Å²) in [7, 11) is 0. The average Bonchev–Trinajstić information content (AvgIpc) is 2.42. The van der Waals surface area contributed by atoms with Gasteiger partial charge in [0.05, 0.1) is 11.1 Å². The Labute approximate surface area is 120 Å². The molecule has 0 aliphatic rings. The Hall–Kier alpha value is -2.08. The van der Waals surface area contributed by atoms with Crippen molar-refractivity contribution >= 4 is 16.7 Å². The van der Waals surface area contributed by atoms with Crippen LogP contribution in [-0.4, -0.2) is 11.5 Å². The molecule has 1 heterocycles. The Morgan fingerprint density at radius 2 is 2.00 bits per heavy atom. The lowest BCUT2D eigenvalue weighted by molar-refractivity contribution is 0.274. The molecular weight excluding hydrogens is 246 g/mol. The molecule has 1 aromatic carbocycles. The van der Waals surface area contributed by atoms with E-state index >= 15 is 0 Å². The van der Waals surface area contributed by atoms with Gasteiger partial charge in [0.1, 0.15) is 11.9 Å². The third kappa shape index (κ3) is 3.08. The lowest BCUT2D eigenvalue weighted by atomic mass is 9.82. The SMILES string of the molecule is CC(CNc1nc2ccccc2cc1C#N)C(C)(C)C. The van der Waals surface area contributed by atoms with Crippen LogP contribution >= 0.6 is 0 Å². The highest BCUT2D eigenvalue weighted by Crippen LogP contribution is 2.26. The van der Waals surface area contributed by atoms with Crippen molar-refractivity contribution in [3.05, 3.63) is 35.9 Å². The Balaban J connectivity index is 2.27. The van der Waals surface area contributed by atoms with Gasteiger partial charge in [-0.2, -0.15) is 5.26 Å². The summed E-state index contributed by atoms with van der Waals surface area (Å²) in [5.41, 5.74) is 1.75. The number of nitrogens with one attached hydrogen (secondary N) is 1. The van der Waals surface area contributed by atoms with Crippen molar-refractivity contribution in [2.45, 2.75) is 27.7 Å². The van der Waals surface area contributed by atoms with Gasteiger partial charge in [-0.3, -0.25) is 0 Å². The minimum absolute atomic E-state index is 0.233. The van der Waals surface area contributed by atoms with Crippen LogP contribution in [0, 0.1) is 22.7 Å². The number of hydrogen-bond donors (Lipinski definition) is 1. The van der Waals surface area contributed by atoms with E-state index in [0.717, 1.165) is 17.4 Å². The van der Waals surface area contributed by atoms with Crippen LogP contribution in [0.15, 0.2) is 30.3 Å². The van der Waals surface area contributed by atoms with Crippen molar-refractivity contribution in [2.24, 2.45) is 11.3 Å². The fourth-order valence-electron chi connectivity index (χ4n) is 1.89. The molecule has 0 bridgehead atoms. The van der Waals surface area contributed by atoms with Crippen molar-refractivity contribution in [1.29, 1.82) is 5.26 Å². The van der Waals surface area contributed by atoms with Gasteiger partial charge in [0.2, 0.25) is 0 Å². The van der Waals surface area contributed by atoms with Crippen LogP contribution in [0.25, 0.3) is 10.9 Å². The Bertz CT molecular complexity index is 647. The predicted molar refractivity (Wildman–Crippen MR) is 83.6 cm³/mol. The molecule has 1 N–H and O–H groups in total. The molecule has 0 amide bonds. The molecule has 0 saturated heterocycles. The molecule has 3 nitrogen and oxygen atoms in total. The smallest absolute Gasteiger partial charge is 0.144 e. The van der Waals surface area contributed by atoms with Crippen LogP contribution in [0.3, 0.4) is 0 Å². The first-order valence-corrected chi connectivity index (χ1v) is 6.95. The van der Waals surface area contributed by atoms with Crippen LogP contribution in [0.5, 0.6) is 0 Å². The van der Waals surface area contributed by atoms with Gasteiger partial charge < -0.3 is 5.32 Å². The van der Waals surface area contributed by atoms with E-state index in [0.29, 0.717) is 17.3 Å². The number of fused-ring (bicyclic) bond motifs is 1. The summed E-state index contributed by atoms with van der Waals surface area (Å²) in [4.78, 5) is 4.57. The summed E-state index contributed by atoms with van der Waals surface area (Å²) in [6.07, 6.45) is 0.